The summed E-state index contributed by atoms with van der Waals surface area (Å²) in [5.74, 6) is 0.172. The number of anilines is 1. The highest BCUT2D eigenvalue weighted by Crippen LogP contribution is 2.25. The molecule has 170 valence electrons. The average Bonchev–Trinajstić information content (AvgIpc) is 3.21. The Bertz CT molecular complexity index is 1170. The molecule has 0 spiro atoms. The van der Waals surface area contributed by atoms with Crippen LogP contribution in [0.5, 0.6) is 0 Å². The van der Waals surface area contributed by atoms with Crippen LogP contribution in [-0.4, -0.2) is 44.4 Å². The van der Waals surface area contributed by atoms with Gasteiger partial charge in [-0.1, -0.05) is 29.8 Å². The molecule has 1 aromatic heterocycles. The van der Waals surface area contributed by atoms with E-state index in [1.807, 2.05) is 10.6 Å². The van der Waals surface area contributed by atoms with E-state index >= 15 is 0 Å². The van der Waals surface area contributed by atoms with Crippen molar-refractivity contribution < 1.29 is 9.18 Å². The molecule has 1 saturated heterocycles. The Morgan fingerprint density at radius 2 is 1.91 bits per heavy atom. The van der Waals surface area contributed by atoms with E-state index in [4.69, 9.17) is 11.6 Å². The number of benzene rings is 2. The molecule has 0 unspecified atom stereocenters. The Morgan fingerprint density at radius 1 is 1.15 bits per heavy atom. The van der Waals surface area contributed by atoms with Crippen LogP contribution in [0.3, 0.4) is 0 Å². The molecule has 3 aromatic rings. The van der Waals surface area contributed by atoms with Gasteiger partial charge in [0.15, 0.2) is 11.0 Å². The Kier molecular flexibility index (Phi) is 7.60. The van der Waals surface area contributed by atoms with E-state index in [0.29, 0.717) is 28.0 Å². The lowest BCUT2D eigenvalue weighted by Crippen LogP contribution is -2.30. The minimum atomic E-state index is -0.326. The predicted molar refractivity (Wildman–Crippen MR) is 126 cm³/mol. The number of nitriles is 1. The normalized spacial score (nSPS) is 14.1. The molecule has 33 heavy (non-hydrogen) atoms. The summed E-state index contributed by atoms with van der Waals surface area (Å²) in [4.78, 5) is 14.9. The zero-order valence-electron chi connectivity index (χ0n) is 17.8. The number of nitrogens with one attached hydrogen (secondary N) is 1. The first kappa shape index (κ1) is 23.2. The Morgan fingerprint density at radius 3 is 2.64 bits per heavy atom. The van der Waals surface area contributed by atoms with E-state index in [0.717, 1.165) is 37.4 Å². The molecule has 1 N–H and O–H groups in total. The lowest BCUT2D eigenvalue weighted by molar-refractivity contribution is -0.113. The Balaban J connectivity index is 1.52. The molecule has 2 aromatic carbocycles. The lowest BCUT2D eigenvalue weighted by Gasteiger charge is -2.26. The van der Waals surface area contributed by atoms with E-state index in [1.54, 1.807) is 30.3 Å². The number of carbonyl (C=O) groups excluding carboxylic acids is 1. The Labute approximate surface area is 200 Å². The third kappa shape index (κ3) is 5.90. The summed E-state index contributed by atoms with van der Waals surface area (Å²) in [5, 5.41) is 21.6. The summed E-state index contributed by atoms with van der Waals surface area (Å²) in [5.41, 5.74) is 1.43. The molecule has 0 radical (unpaired) electrons. The molecule has 0 saturated carbocycles. The number of piperidine rings is 1. The molecule has 0 bridgehead atoms. The standard InChI is InChI=1S/C23H22ClFN6OS/c24-17-5-4-16(13-26)20(12-17)27-22(32)15-33-23-29-28-21(14-30-10-2-1-3-11-30)31(23)19-8-6-18(25)7-9-19/h4-9,12H,1-3,10-11,14-15H2,(H,27,32). The molecule has 10 heteroatoms. The molecule has 1 amide bonds. The number of halogens is 2. The number of carbonyl (C=O) groups is 1. The van der Waals surface area contributed by atoms with Crippen LogP contribution in [0.25, 0.3) is 5.69 Å². The van der Waals surface area contributed by atoms with Crippen molar-refractivity contribution in [3.8, 4) is 11.8 Å². The van der Waals surface area contributed by atoms with Gasteiger partial charge in [0.05, 0.1) is 23.5 Å². The average molecular weight is 485 g/mol. The summed E-state index contributed by atoms with van der Waals surface area (Å²) in [7, 11) is 0. The number of likely N-dealkylation sites (tertiary alicyclic amines) is 1. The van der Waals surface area contributed by atoms with E-state index in [2.05, 4.69) is 20.4 Å². The number of hydrogen-bond donors (Lipinski definition) is 1. The first-order valence-electron chi connectivity index (χ1n) is 10.6. The third-order valence-corrected chi connectivity index (χ3v) is 6.47. The van der Waals surface area contributed by atoms with Crippen LogP contribution in [0, 0.1) is 17.1 Å². The fourth-order valence-electron chi connectivity index (χ4n) is 3.70. The van der Waals surface area contributed by atoms with Crippen LogP contribution in [0.15, 0.2) is 47.6 Å². The first-order valence-corrected chi connectivity index (χ1v) is 11.9. The zero-order chi connectivity index (χ0) is 23.2. The van der Waals surface area contributed by atoms with Gasteiger partial charge in [0.1, 0.15) is 11.9 Å². The smallest absolute Gasteiger partial charge is 0.234 e. The maximum absolute atomic E-state index is 13.5. The highest BCUT2D eigenvalue weighted by Gasteiger charge is 2.20. The van der Waals surface area contributed by atoms with Gasteiger partial charge in [-0.05, 0) is 68.4 Å². The Hall–Kier alpha value is -2.93. The SMILES string of the molecule is N#Cc1ccc(Cl)cc1NC(=O)CSc1nnc(CN2CCCCC2)n1-c1ccc(F)cc1. The second-order valence-corrected chi connectivity index (χ2v) is 9.06. The fraction of sp³-hybridized carbons (Fsp3) is 0.304. The topological polar surface area (TPSA) is 86.8 Å². The van der Waals surface area contributed by atoms with Crippen molar-refractivity contribution in [3.05, 3.63) is 64.7 Å². The molecule has 7 nitrogen and oxygen atoms in total. The van der Waals surface area contributed by atoms with Gasteiger partial charge in [-0.15, -0.1) is 10.2 Å². The maximum Gasteiger partial charge on any atom is 0.234 e. The molecule has 1 fully saturated rings. The number of hydrogen-bond acceptors (Lipinski definition) is 6. The number of aromatic nitrogens is 3. The van der Waals surface area contributed by atoms with Crippen LogP contribution in [-0.2, 0) is 11.3 Å². The minimum Gasteiger partial charge on any atom is -0.324 e. The van der Waals surface area contributed by atoms with E-state index in [9.17, 15) is 14.4 Å². The van der Waals surface area contributed by atoms with E-state index < -0.39 is 0 Å². The number of amides is 1. The van der Waals surface area contributed by atoms with Gasteiger partial charge in [-0.2, -0.15) is 5.26 Å². The molecule has 0 atom stereocenters. The van der Waals surface area contributed by atoms with Crippen molar-refractivity contribution in [1.29, 1.82) is 5.26 Å². The molecular weight excluding hydrogens is 463 g/mol. The summed E-state index contributed by atoms with van der Waals surface area (Å²) in [6, 6.07) is 12.9. The largest absolute Gasteiger partial charge is 0.324 e. The summed E-state index contributed by atoms with van der Waals surface area (Å²) < 4.78 is 15.4. The summed E-state index contributed by atoms with van der Waals surface area (Å²) in [6.07, 6.45) is 3.54. The number of nitrogens with zero attached hydrogens (tertiary/aromatic N) is 5. The van der Waals surface area contributed by atoms with Gasteiger partial charge in [-0.3, -0.25) is 14.3 Å². The molecule has 1 aliphatic rings. The van der Waals surface area contributed by atoms with E-state index in [1.165, 1.54) is 30.3 Å². The molecule has 1 aliphatic heterocycles. The van der Waals surface area contributed by atoms with Crippen LogP contribution in [0.4, 0.5) is 10.1 Å². The quantitative estimate of drug-likeness (QED) is 0.491. The summed E-state index contributed by atoms with van der Waals surface area (Å²) >= 11 is 7.22. The predicted octanol–water partition coefficient (Wildman–Crippen LogP) is 4.65. The maximum atomic E-state index is 13.5. The van der Waals surface area contributed by atoms with Crippen molar-refractivity contribution in [2.75, 3.05) is 24.2 Å². The molecule has 2 heterocycles. The highest BCUT2D eigenvalue weighted by molar-refractivity contribution is 7.99. The van der Waals surface area contributed by atoms with Gasteiger partial charge < -0.3 is 5.32 Å². The van der Waals surface area contributed by atoms with Gasteiger partial charge in [0, 0.05) is 10.7 Å². The number of thioether (sulfide) groups is 1. The third-order valence-electron chi connectivity index (χ3n) is 5.31. The minimum absolute atomic E-state index is 0.0560. The van der Waals surface area contributed by atoms with Gasteiger partial charge in [0.25, 0.3) is 0 Å². The monoisotopic (exact) mass is 484 g/mol. The lowest BCUT2D eigenvalue weighted by atomic mass is 10.1. The van der Waals surface area contributed by atoms with Crippen molar-refractivity contribution in [3.63, 3.8) is 0 Å². The van der Waals surface area contributed by atoms with Crippen molar-refractivity contribution >= 4 is 35.0 Å². The van der Waals surface area contributed by atoms with Crippen LogP contribution >= 0.6 is 23.4 Å². The van der Waals surface area contributed by atoms with Crippen molar-refractivity contribution in [2.45, 2.75) is 31.0 Å². The zero-order valence-corrected chi connectivity index (χ0v) is 19.4. The van der Waals surface area contributed by atoms with Gasteiger partial charge >= 0.3 is 0 Å². The van der Waals surface area contributed by atoms with Crippen LogP contribution in [0.2, 0.25) is 5.02 Å². The highest BCUT2D eigenvalue weighted by atomic mass is 35.5. The van der Waals surface area contributed by atoms with Gasteiger partial charge in [-0.25, -0.2) is 4.39 Å². The van der Waals surface area contributed by atoms with Crippen LogP contribution in [0.1, 0.15) is 30.7 Å². The first-order chi connectivity index (χ1) is 16.0. The molecular formula is C23H22ClFN6OS. The van der Waals surface area contributed by atoms with Crippen molar-refractivity contribution in [2.24, 2.45) is 0 Å². The van der Waals surface area contributed by atoms with Gasteiger partial charge in [0.2, 0.25) is 5.91 Å². The second kappa shape index (κ2) is 10.8. The van der Waals surface area contributed by atoms with Crippen LogP contribution < -0.4 is 5.32 Å². The second-order valence-electron chi connectivity index (χ2n) is 7.69. The van der Waals surface area contributed by atoms with Crippen molar-refractivity contribution in [1.82, 2.24) is 19.7 Å². The molecule has 0 aliphatic carbocycles. The summed E-state index contributed by atoms with van der Waals surface area (Å²) in [6.45, 7) is 2.63. The molecule has 4 rings (SSSR count). The fourth-order valence-corrected chi connectivity index (χ4v) is 4.64. The number of rotatable bonds is 7. The van der Waals surface area contributed by atoms with E-state index in [-0.39, 0.29) is 17.5 Å².